The van der Waals surface area contributed by atoms with Crippen LogP contribution in [0.2, 0.25) is 0 Å². The van der Waals surface area contributed by atoms with Crippen molar-refractivity contribution in [3.63, 3.8) is 0 Å². The molecule has 4 aliphatic rings. The average molecular weight is 423 g/mol. The van der Waals surface area contributed by atoms with Gasteiger partial charge in [-0.25, -0.2) is 8.42 Å². The predicted octanol–water partition coefficient (Wildman–Crippen LogP) is 1.00. The second-order valence-electron chi connectivity index (χ2n) is 9.43. The first kappa shape index (κ1) is 17.9. The minimum Gasteiger partial charge on any atom is -0.726 e. The zero-order valence-electron chi connectivity index (χ0n) is 21.0. The first-order valence-electron chi connectivity index (χ1n) is 12.0. The molecule has 0 unspecified atom stereocenters. The molecular weight excluding hydrogens is 387 g/mol. The van der Waals surface area contributed by atoms with Gasteiger partial charge in [0.25, 0.3) is 0 Å². The number of carbonyl (C=O) groups excluding carboxylic acids is 1. The first-order valence-corrected chi connectivity index (χ1v) is 11.3. The molecule has 7 atom stereocenters. The predicted molar refractivity (Wildman–Crippen MR) is 100 cm³/mol. The van der Waals surface area contributed by atoms with E-state index in [2.05, 4.69) is 13.0 Å². The topological polar surface area (TPSA) is 83.5 Å². The van der Waals surface area contributed by atoms with Crippen molar-refractivity contribution in [2.75, 3.05) is 0 Å². The molecule has 3 saturated carbocycles. The molecule has 0 aliphatic heterocycles. The van der Waals surface area contributed by atoms with Crippen molar-refractivity contribution in [2.45, 2.75) is 78.2 Å². The van der Waals surface area contributed by atoms with Crippen molar-refractivity contribution >= 4 is 16.2 Å². The second kappa shape index (κ2) is 7.76. The van der Waals surface area contributed by atoms with Gasteiger partial charge >= 0.3 is 29.6 Å². The number of carbonyl (C=O) groups is 1. The second-order valence-corrected chi connectivity index (χ2v) is 10.4. The van der Waals surface area contributed by atoms with Gasteiger partial charge in [0.1, 0.15) is 5.78 Å². The summed E-state index contributed by atoms with van der Waals surface area (Å²) in [5.74, 6) is -1.78. The van der Waals surface area contributed by atoms with Crippen LogP contribution in [-0.2, 0) is 19.4 Å². The Bertz CT molecular complexity index is 922. The normalized spacial score (nSPS) is 50.3. The van der Waals surface area contributed by atoms with E-state index < -0.39 is 40.4 Å². The third kappa shape index (κ3) is 3.71. The average Bonchev–Trinajstić information content (AvgIpc) is 2.91. The summed E-state index contributed by atoms with van der Waals surface area (Å²) < 4.78 is 69.7. The number of hydrogen-bond donors (Lipinski definition) is 0. The molecule has 4 rings (SSSR count). The van der Waals surface area contributed by atoms with Crippen LogP contribution in [0.4, 0.5) is 0 Å². The van der Waals surface area contributed by atoms with Crippen LogP contribution in [0.1, 0.15) is 77.5 Å². The minimum absolute atomic E-state index is 0. The summed E-state index contributed by atoms with van der Waals surface area (Å²) >= 11 is 0. The van der Waals surface area contributed by atoms with Crippen molar-refractivity contribution in [1.29, 1.82) is 0 Å². The van der Waals surface area contributed by atoms with Gasteiger partial charge in [-0.3, -0.25) is 8.98 Å². The largest absolute Gasteiger partial charge is 1.00 e. The van der Waals surface area contributed by atoms with Gasteiger partial charge in [-0.15, -0.1) is 0 Å². The molecule has 0 aromatic rings. The molecule has 0 saturated heterocycles. The Balaban J connectivity index is 0.00000289. The van der Waals surface area contributed by atoms with Crippen LogP contribution in [0.15, 0.2) is 11.6 Å². The summed E-state index contributed by atoms with van der Waals surface area (Å²) in [7, 11) is -4.73. The van der Waals surface area contributed by atoms with Gasteiger partial charge in [0.15, 0.2) is 0 Å². The molecule has 152 valence electrons. The summed E-state index contributed by atoms with van der Waals surface area (Å²) in [6.45, 7) is 1.39. The van der Waals surface area contributed by atoms with Crippen LogP contribution in [0.5, 0.6) is 0 Å². The molecule has 5 nitrogen and oxygen atoms in total. The maximum absolute atomic E-state index is 12.8. The molecule has 3 fully saturated rings. The van der Waals surface area contributed by atoms with Crippen LogP contribution in [0.3, 0.4) is 0 Å². The Morgan fingerprint density at radius 2 is 2.00 bits per heavy atom. The minimum atomic E-state index is -4.73. The molecular formula is C21H31NaO5S. The molecule has 0 aromatic heterocycles. The number of ketones is 1. The Labute approximate surface area is 196 Å². The number of allylic oxidation sites excluding steroid dienone is 1. The van der Waals surface area contributed by atoms with E-state index in [0.29, 0.717) is 38.0 Å². The third-order valence-electron chi connectivity index (χ3n) is 8.37. The number of hydrogen-bond acceptors (Lipinski definition) is 5. The summed E-state index contributed by atoms with van der Waals surface area (Å²) in [5.41, 5.74) is 0.363. The molecule has 0 radical (unpaired) electrons. The molecule has 4 aliphatic carbocycles. The zero-order chi connectivity index (χ0) is 23.0. The number of Topliss-reactive ketones (excluding diaryl/α,β-unsaturated/α-hetero) is 1. The molecule has 0 heterocycles. The monoisotopic (exact) mass is 422 g/mol. The fraction of sp³-hybridized carbons (Fsp3) is 0.857. The Morgan fingerprint density at radius 1 is 1.25 bits per heavy atom. The van der Waals surface area contributed by atoms with Crippen molar-refractivity contribution in [1.82, 2.24) is 0 Å². The quantitative estimate of drug-likeness (QED) is 0.293. The van der Waals surface area contributed by atoms with Gasteiger partial charge in [-0.05, 0) is 86.8 Å². The Hall–Kier alpha value is 0.280. The SMILES string of the molecule is [2H]C([2H])([2H])C(=O)[C@@]1([2H])CC[C@H]2[C@@H]3CC=C4C[C@@H](OS(=O)(=O)[O-])CC[C@]4(C)[C@H]3CC[C@@]21C.[Na+]. The van der Waals surface area contributed by atoms with E-state index in [9.17, 15) is 17.8 Å². The van der Waals surface area contributed by atoms with Crippen molar-refractivity contribution in [3.8, 4) is 0 Å². The fourth-order valence-electron chi connectivity index (χ4n) is 7.06. The molecule has 0 N–H and O–H groups in total. The van der Waals surface area contributed by atoms with Gasteiger partial charge in [-0.2, -0.15) is 0 Å². The van der Waals surface area contributed by atoms with Crippen LogP contribution in [0, 0.1) is 34.5 Å². The van der Waals surface area contributed by atoms with E-state index in [1.807, 2.05) is 6.92 Å². The molecule has 28 heavy (non-hydrogen) atoms. The van der Waals surface area contributed by atoms with E-state index in [1.54, 1.807) is 0 Å². The van der Waals surface area contributed by atoms with E-state index in [4.69, 9.17) is 9.67 Å². The van der Waals surface area contributed by atoms with Crippen LogP contribution in [-0.4, -0.2) is 24.9 Å². The van der Waals surface area contributed by atoms with Crippen molar-refractivity contribution in [2.24, 2.45) is 34.5 Å². The van der Waals surface area contributed by atoms with Crippen LogP contribution < -0.4 is 29.6 Å². The zero-order valence-corrected chi connectivity index (χ0v) is 19.8. The maximum atomic E-state index is 12.8. The van der Waals surface area contributed by atoms with Crippen molar-refractivity contribution in [3.05, 3.63) is 11.6 Å². The van der Waals surface area contributed by atoms with E-state index >= 15 is 0 Å². The molecule has 0 amide bonds. The van der Waals surface area contributed by atoms with Gasteiger partial charge < -0.3 is 4.55 Å². The Kier molecular flexibility index (Phi) is 4.96. The van der Waals surface area contributed by atoms with Gasteiger partial charge in [-0.1, -0.05) is 25.5 Å². The fourth-order valence-corrected chi connectivity index (χ4v) is 7.56. The Morgan fingerprint density at radius 3 is 2.68 bits per heavy atom. The molecule has 0 bridgehead atoms. The summed E-state index contributed by atoms with van der Waals surface area (Å²) in [6, 6.07) is 0. The standard InChI is InChI=1S/C21H32O5S.Na/c1-13(22)17-6-7-18-16-5-4-14-12-15(26-27(23,24)25)8-10-20(14,2)19(16)9-11-21(17,18)3;/h4,15-19H,5-12H2,1-3H3,(H,23,24,25);/q;+1/p-1/t15-,16-,17+,18-,19-,20-,21+;/m0./s1/i1D3,17D;. The summed E-state index contributed by atoms with van der Waals surface area (Å²) in [5, 5.41) is 0. The van der Waals surface area contributed by atoms with E-state index in [-0.39, 0.29) is 46.8 Å². The number of rotatable bonds is 3. The van der Waals surface area contributed by atoms with E-state index in [0.717, 1.165) is 24.8 Å². The first-order chi connectivity index (χ1) is 14.1. The molecule has 0 spiro atoms. The number of fused-ring (bicyclic) bond motifs is 5. The van der Waals surface area contributed by atoms with Gasteiger partial charge in [0.05, 0.1) is 6.10 Å². The van der Waals surface area contributed by atoms with E-state index in [1.165, 1.54) is 0 Å². The third-order valence-corrected chi connectivity index (χ3v) is 8.88. The van der Waals surface area contributed by atoms with Crippen LogP contribution >= 0.6 is 0 Å². The molecule has 0 aromatic carbocycles. The van der Waals surface area contributed by atoms with Crippen molar-refractivity contribution < 1.29 is 57.0 Å². The summed E-state index contributed by atoms with van der Waals surface area (Å²) in [6.07, 6.45) is 6.39. The van der Waals surface area contributed by atoms with Gasteiger partial charge in [0.2, 0.25) is 10.4 Å². The molecule has 7 heteroatoms. The summed E-state index contributed by atoms with van der Waals surface area (Å²) in [4.78, 5) is 12.8. The van der Waals surface area contributed by atoms with Gasteiger partial charge in [0, 0.05) is 11.4 Å². The van der Waals surface area contributed by atoms with Crippen LogP contribution in [0.25, 0.3) is 0 Å². The maximum Gasteiger partial charge on any atom is 1.00 e. The smallest absolute Gasteiger partial charge is 0.726 e.